The van der Waals surface area contributed by atoms with Gasteiger partial charge in [0.2, 0.25) is 11.8 Å². The number of hydrogen-bond acceptors (Lipinski definition) is 4. The summed E-state index contributed by atoms with van der Waals surface area (Å²) in [5.74, 6) is 0.204. The number of ether oxygens (including phenoxy) is 1. The van der Waals surface area contributed by atoms with Crippen LogP contribution in [-0.4, -0.2) is 33.9 Å². The van der Waals surface area contributed by atoms with Gasteiger partial charge in [-0.05, 0) is 25.0 Å². The SMILES string of the molecule is CC(C)C(=O)N1CCC[C@@H](c2cncc(Oc3ccccc3F)n2)C1. The van der Waals surface area contributed by atoms with Crippen molar-refractivity contribution >= 4 is 5.91 Å². The first kappa shape index (κ1) is 17.3. The van der Waals surface area contributed by atoms with Crippen LogP contribution in [0.5, 0.6) is 11.6 Å². The maximum atomic E-state index is 13.7. The summed E-state index contributed by atoms with van der Waals surface area (Å²) >= 11 is 0. The van der Waals surface area contributed by atoms with Gasteiger partial charge in [-0.3, -0.25) is 9.78 Å². The standard InChI is InChI=1S/C19H22FN3O2/c1-13(2)19(24)23-9-5-6-14(12-23)16-10-21-11-18(22-16)25-17-8-4-3-7-15(17)20/h3-4,7-8,10-11,13-14H,5-6,9,12H2,1-2H3/t14-/m1/s1. The molecule has 1 aromatic carbocycles. The Morgan fingerprint density at radius 2 is 2.12 bits per heavy atom. The molecule has 5 nitrogen and oxygen atoms in total. The van der Waals surface area contributed by atoms with Crippen molar-refractivity contribution in [1.29, 1.82) is 0 Å². The molecular weight excluding hydrogens is 321 g/mol. The summed E-state index contributed by atoms with van der Waals surface area (Å²) in [7, 11) is 0. The van der Waals surface area contributed by atoms with Gasteiger partial charge in [-0.25, -0.2) is 9.37 Å². The molecule has 2 aromatic rings. The highest BCUT2D eigenvalue weighted by molar-refractivity contribution is 5.78. The molecule has 2 heterocycles. The van der Waals surface area contributed by atoms with E-state index >= 15 is 0 Å². The van der Waals surface area contributed by atoms with Crippen molar-refractivity contribution in [3.63, 3.8) is 0 Å². The number of carbonyl (C=O) groups excluding carboxylic acids is 1. The van der Waals surface area contributed by atoms with E-state index < -0.39 is 5.82 Å². The Balaban J connectivity index is 1.75. The van der Waals surface area contributed by atoms with E-state index in [0.29, 0.717) is 6.54 Å². The van der Waals surface area contributed by atoms with E-state index in [4.69, 9.17) is 4.74 Å². The minimum absolute atomic E-state index is 0.0134. The molecule has 1 saturated heterocycles. The topological polar surface area (TPSA) is 55.3 Å². The highest BCUT2D eigenvalue weighted by Gasteiger charge is 2.27. The Bertz CT molecular complexity index is 751. The van der Waals surface area contributed by atoms with E-state index in [0.717, 1.165) is 25.1 Å². The van der Waals surface area contributed by atoms with Crippen molar-refractivity contribution in [3.05, 3.63) is 48.2 Å². The van der Waals surface area contributed by atoms with E-state index in [-0.39, 0.29) is 29.4 Å². The Morgan fingerprint density at radius 1 is 1.32 bits per heavy atom. The molecule has 0 saturated carbocycles. The fourth-order valence-corrected chi connectivity index (χ4v) is 3.03. The van der Waals surface area contributed by atoms with Gasteiger partial charge < -0.3 is 9.64 Å². The van der Waals surface area contributed by atoms with Gasteiger partial charge in [0.25, 0.3) is 0 Å². The van der Waals surface area contributed by atoms with Crippen molar-refractivity contribution in [2.75, 3.05) is 13.1 Å². The molecule has 1 aliphatic rings. The largest absolute Gasteiger partial charge is 0.434 e. The molecule has 25 heavy (non-hydrogen) atoms. The fraction of sp³-hybridized carbons (Fsp3) is 0.421. The van der Waals surface area contributed by atoms with Crippen LogP contribution in [0.25, 0.3) is 0 Å². The molecular formula is C19H22FN3O2. The first-order valence-electron chi connectivity index (χ1n) is 8.57. The molecule has 132 valence electrons. The lowest BCUT2D eigenvalue weighted by Gasteiger charge is -2.33. The van der Waals surface area contributed by atoms with Crippen LogP contribution in [0, 0.1) is 11.7 Å². The third-order valence-corrected chi connectivity index (χ3v) is 4.33. The summed E-state index contributed by atoms with van der Waals surface area (Å²) in [6.45, 7) is 5.24. The van der Waals surface area contributed by atoms with E-state index in [1.54, 1.807) is 24.4 Å². The van der Waals surface area contributed by atoms with E-state index in [1.807, 2.05) is 18.7 Å². The summed E-state index contributed by atoms with van der Waals surface area (Å²) in [6, 6.07) is 6.19. The maximum absolute atomic E-state index is 13.7. The van der Waals surface area contributed by atoms with Crippen LogP contribution >= 0.6 is 0 Å². The predicted molar refractivity (Wildman–Crippen MR) is 91.9 cm³/mol. The first-order valence-corrected chi connectivity index (χ1v) is 8.57. The molecule has 0 unspecified atom stereocenters. The average Bonchev–Trinajstić information content (AvgIpc) is 2.63. The summed E-state index contributed by atoms with van der Waals surface area (Å²) in [5, 5.41) is 0. The molecule has 0 spiro atoms. The van der Waals surface area contributed by atoms with Gasteiger partial charge in [0.05, 0.1) is 11.9 Å². The molecule has 1 aromatic heterocycles. The number of hydrogen-bond donors (Lipinski definition) is 0. The van der Waals surface area contributed by atoms with Crippen molar-refractivity contribution in [2.45, 2.75) is 32.6 Å². The molecule has 1 fully saturated rings. The van der Waals surface area contributed by atoms with Crippen LogP contribution in [0.4, 0.5) is 4.39 Å². The van der Waals surface area contributed by atoms with Gasteiger partial charge in [-0.15, -0.1) is 0 Å². The maximum Gasteiger partial charge on any atom is 0.238 e. The minimum atomic E-state index is -0.443. The number of aromatic nitrogens is 2. The van der Waals surface area contributed by atoms with Crippen molar-refractivity contribution < 1.29 is 13.9 Å². The number of halogens is 1. The summed E-state index contributed by atoms with van der Waals surface area (Å²) in [5.41, 5.74) is 0.773. The minimum Gasteiger partial charge on any atom is -0.434 e. The summed E-state index contributed by atoms with van der Waals surface area (Å²) in [4.78, 5) is 22.8. The molecule has 1 amide bonds. The van der Waals surface area contributed by atoms with E-state index in [1.165, 1.54) is 12.3 Å². The van der Waals surface area contributed by atoms with Crippen LogP contribution in [0.3, 0.4) is 0 Å². The van der Waals surface area contributed by atoms with Gasteiger partial charge in [-0.1, -0.05) is 26.0 Å². The lowest BCUT2D eigenvalue weighted by molar-refractivity contribution is -0.135. The van der Waals surface area contributed by atoms with Crippen LogP contribution in [0.1, 0.15) is 38.3 Å². The smallest absolute Gasteiger partial charge is 0.238 e. The quantitative estimate of drug-likeness (QED) is 0.848. The Morgan fingerprint density at radius 3 is 2.88 bits per heavy atom. The number of likely N-dealkylation sites (tertiary alicyclic amines) is 1. The third kappa shape index (κ3) is 4.13. The molecule has 0 radical (unpaired) electrons. The average molecular weight is 343 g/mol. The second-order valence-electron chi connectivity index (χ2n) is 6.59. The van der Waals surface area contributed by atoms with E-state index in [2.05, 4.69) is 9.97 Å². The highest BCUT2D eigenvalue weighted by Crippen LogP contribution is 2.28. The van der Waals surface area contributed by atoms with Gasteiger partial charge in [-0.2, -0.15) is 0 Å². The zero-order valence-corrected chi connectivity index (χ0v) is 14.5. The van der Waals surface area contributed by atoms with Crippen molar-refractivity contribution in [3.8, 4) is 11.6 Å². The molecule has 0 bridgehead atoms. The molecule has 0 N–H and O–H groups in total. The van der Waals surface area contributed by atoms with Crippen LogP contribution in [0.2, 0.25) is 0 Å². The number of piperidine rings is 1. The lowest BCUT2D eigenvalue weighted by Crippen LogP contribution is -2.41. The van der Waals surface area contributed by atoms with Gasteiger partial charge in [0.15, 0.2) is 11.6 Å². The van der Waals surface area contributed by atoms with Crippen LogP contribution in [0.15, 0.2) is 36.7 Å². The number of carbonyl (C=O) groups is 1. The number of para-hydroxylation sites is 1. The predicted octanol–water partition coefficient (Wildman–Crippen LogP) is 3.77. The first-order chi connectivity index (χ1) is 12.0. The zero-order valence-electron chi connectivity index (χ0n) is 14.5. The van der Waals surface area contributed by atoms with Crippen LogP contribution < -0.4 is 4.74 Å². The fourth-order valence-electron chi connectivity index (χ4n) is 3.03. The van der Waals surface area contributed by atoms with Crippen LogP contribution in [-0.2, 0) is 4.79 Å². The Hall–Kier alpha value is -2.50. The number of rotatable bonds is 4. The molecule has 3 rings (SSSR count). The van der Waals surface area contributed by atoms with Crippen molar-refractivity contribution in [2.24, 2.45) is 5.92 Å². The molecule has 0 aliphatic carbocycles. The number of benzene rings is 1. The lowest BCUT2D eigenvalue weighted by atomic mass is 9.94. The third-order valence-electron chi connectivity index (χ3n) is 4.33. The Labute approximate surface area is 146 Å². The van der Waals surface area contributed by atoms with Gasteiger partial charge >= 0.3 is 0 Å². The summed E-state index contributed by atoms with van der Waals surface area (Å²) in [6.07, 6.45) is 5.04. The zero-order chi connectivity index (χ0) is 17.8. The molecule has 1 aliphatic heterocycles. The highest BCUT2D eigenvalue weighted by atomic mass is 19.1. The molecule has 6 heteroatoms. The molecule has 1 atom stereocenters. The second-order valence-corrected chi connectivity index (χ2v) is 6.59. The van der Waals surface area contributed by atoms with Gasteiger partial charge in [0, 0.05) is 31.1 Å². The Kier molecular flexibility index (Phi) is 5.26. The van der Waals surface area contributed by atoms with Gasteiger partial charge in [0.1, 0.15) is 0 Å². The second kappa shape index (κ2) is 7.59. The monoisotopic (exact) mass is 343 g/mol. The normalized spacial score (nSPS) is 17.6. The van der Waals surface area contributed by atoms with E-state index in [9.17, 15) is 9.18 Å². The summed E-state index contributed by atoms with van der Waals surface area (Å²) < 4.78 is 19.3. The number of nitrogens with zero attached hydrogens (tertiary/aromatic N) is 3. The van der Waals surface area contributed by atoms with Crippen molar-refractivity contribution in [1.82, 2.24) is 14.9 Å². The number of amides is 1.